The zero-order valence-electron chi connectivity index (χ0n) is 25.5. The molecule has 0 aliphatic carbocycles. The summed E-state index contributed by atoms with van der Waals surface area (Å²) < 4.78 is 24.8. The molecule has 0 saturated carbocycles. The quantitative estimate of drug-likeness (QED) is 0.109. The first-order valence-corrected chi connectivity index (χ1v) is 15.1. The average molecular weight is 608 g/mol. The van der Waals surface area contributed by atoms with Crippen LogP contribution in [0.3, 0.4) is 0 Å². The summed E-state index contributed by atoms with van der Waals surface area (Å²) in [6.45, 7) is 5.45. The van der Waals surface area contributed by atoms with E-state index in [0.29, 0.717) is 54.9 Å². The van der Waals surface area contributed by atoms with E-state index >= 15 is 0 Å². The molecule has 5 aromatic rings. The molecule has 0 fully saturated rings. The van der Waals surface area contributed by atoms with Gasteiger partial charge < -0.3 is 24.1 Å². The highest BCUT2D eigenvalue weighted by Crippen LogP contribution is 2.37. The number of hydrogen-bond acceptors (Lipinski definition) is 7. The van der Waals surface area contributed by atoms with Gasteiger partial charge in [-0.15, -0.1) is 0 Å². The Kier molecular flexibility index (Phi) is 10.7. The second kappa shape index (κ2) is 15.4. The Morgan fingerprint density at radius 1 is 0.800 bits per heavy atom. The molecule has 0 aliphatic rings. The lowest BCUT2D eigenvalue weighted by molar-refractivity contribution is 0.0694. The van der Waals surface area contributed by atoms with E-state index in [1.165, 1.54) is 6.07 Å². The number of rotatable bonds is 16. The van der Waals surface area contributed by atoms with E-state index in [-0.39, 0.29) is 5.56 Å². The maximum absolute atomic E-state index is 11.7. The van der Waals surface area contributed by atoms with Crippen LogP contribution in [0.5, 0.6) is 28.7 Å². The molecule has 1 aromatic heterocycles. The van der Waals surface area contributed by atoms with E-state index in [4.69, 9.17) is 18.9 Å². The van der Waals surface area contributed by atoms with E-state index in [9.17, 15) is 9.90 Å². The highest BCUT2D eigenvalue weighted by Gasteiger charge is 2.17. The molecule has 1 heterocycles. The number of hydrogen-bond donors (Lipinski definition) is 2. The van der Waals surface area contributed by atoms with Gasteiger partial charge in [0.1, 0.15) is 46.6 Å². The van der Waals surface area contributed by atoms with E-state index in [1.807, 2.05) is 54.6 Å². The van der Waals surface area contributed by atoms with Gasteiger partial charge in [0.05, 0.1) is 19.4 Å². The van der Waals surface area contributed by atoms with Gasteiger partial charge in [-0.1, -0.05) is 68.8 Å². The van der Waals surface area contributed by atoms with Gasteiger partial charge in [0.15, 0.2) is 0 Å². The lowest BCUT2D eigenvalue weighted by atomic mass is 10.0. The van der Waals surface area contributed by atoms with Gasteiger partial charge >= 0.3 is 5.97 Å². The molecule has 0 atom stereocenters. The van der Waals surface area contributed by atoms with Gasteiger partial charge in [0, 0.05) is 23.6 Å². The molecule has 232 valence electrons. The number of carboxylic acids is 1. The van der Waals surface area contributed by atoms with Crippen LogP contribution in [0.25, 0.3) is 11.3 Å². The molecule has 5 rings (SSSR count). The summed E-state index contributed by atoms with van der Waals surface area (Å²) in [6.07, 6.45) is 4.69. The molecule has 4 aromatic carbocycles. The molecule has 0 amide bonds. The number of carbonyl (C=O) groups is 1. The van der Waals surface area contributed by atoms with E-state index in [1.54, 1.807) is 24.4 Å². The van der Waals surface area contributed by atoms with Gasteiger partial charge in [-0.3, -0.25) is 0 Å². The van der Waals surface area contributed by atoms with Crippen molar-refractivity contribution in [3.05, 3.63) is 113 Å². The van der Waals surface area contributed by atoms with Crippen LogP contribution in [-0.2, 0) is 19.4 Å². The zero-order chi connectivity index (χ0) is 31.4. The third kappa shape index (κ3) is 8.00. The van der Waals surface area contributed by atoms with Crippen molar-refractivity contribution in [2.45, 2.75) is 46.1 Å². The number of aromatic nitrogens is 3. The Labute approximate surface area is 262 Å². The highest BCUT2D eigenvalue weighted by atomic mass is 16.5. The van der Waals surface area contributed by atoms with Gasteiger partial charge in [-0.05, 0) is 54.3 Å². The predicted octanol–water partition coefficient (Wildman–Crippen LogP) is 7.90. The first-order chi connectivity index (χ1) is 22.1. The van der Waals surface area contributed by atoms with Crippen molar-refractivity contribution in [2.24, 2.45) is 0 Å². The fraction of sp³-hybridized carbons (Fsp3) is 0.250. The minimum absolute atomic E-state index is 0.109. The molecule has 0 aliphatic heterocycles. The molecule has 0 unspecified atom stereocenters. The van der Waals surface area contributed by atoms with Crippen LogP contribution in [0, 0.1) is 0 Å². The standard InChI is InChI=1S/C36H37N3O6/c1-3-12-27-31(17-10-18-32(27)45-33-16-9-8-15-28(33)36(40)41)42-19-11-20-43-34-22-35(44-24-25-13-6-5-7-14-25)29(21-26(34)4-2)30-23-37-39-38-30/h5-10,13-18,21-23H,3-4,11-12,19-20,24H2,1-2H3,(H,40,41)(H,37,38,39). The average Bonchev–Trinajstić information content (AvgIpc) is 3.60. The van der Waals surface area contributed by atoms with Gasteiger partial charge in [0.25, 0.3) is 0 Å². The second-order valence-electron chi connectivity index (χ2n) is 10.4. The molecular weight excluding hydrogens is 570 g/mol. The molecule has 0 saturated heterocycles. The van der Waals surface area contributed by atoms with Crippen molar-refractivity contribution in [3.63, 3.8) is 0 Å². The SMILES string of the molecule is CCCc1c(OCCCOc2cc(OCc3ccccc3)c(-c3cn[nH]n3)cc2CC)cccc1Oc1ccccc1C(=O)O. The predicted molar refractivity (Wildman–Crippen MR) is 171 cm³/mol. The van der Waals surface area contributed by atoms with Crippen LogP contribution in [0.1, 0.15) is 53.7 Å². The zero-order valence-corrected chi connectivity index (χ0v) is 25.5. The van der Waals surface area contributed by atoms with Crippen LogP contribution in [-0.4, -0.2) is 39.7 Å². The Morgan fingerprint density at radius 2 is 1.53 bits per heavy atom. The second-order valence-corrected chi connectivity index (χ2v) is 10.4. The first-order valence-electron chi connectivity index (χ1n) is 15.1. The summed E-state index contributed by atoms with van der Waals surface area (Å²) in [7, 11) is 0. The van der Waals surface area contributed by atoms with Crippen molar-refractivity contribution >= 4 is 5.97 Å². The topological polar surface area (TPSA) is 116 Å². The molecule has 9 heteroatoms. The van der Waals surface area contributed by atoms with E-state index in [2.05, 4.69) is 35.3 Å². The summed E-state index contributed by atoms with van der Waals surface area (Å²) in [5.74, 6) is 1.98. The molecule has 0 spiro atoms. The number of aryl methyl sites for hydroxylation is 1. The summed E-state index contributed by atoms with van der Waals surface area (Å²) in [5, 5.41) is 20.5. The fourth-order valence-electron chi connectivity index (χ4n) is 4.95. The lowest BCUT2D eigenvalue weighted by Gasteiger charge is -2.18. The van der Waals surface area contributed by atoms with Gasteiger partial charge in [-0.25, -0.2) is 4.79 Å². The van der Waals surface area contributed by atoms with Crippen molar-refractivity contribution in [1.82, 2.24) is 15.4 Å². The van der Waals surface area contributed by atoms with Crippen LogP contribution in [0.4, 0.5) is 0 Å². The Balaban J connectivity index is 1.25. The number of aromatic carboxylic acids is 1. The smallest absolute Gasteiger partial charge is 0.339 e. The number of nitrogens with one attached hydrogen (secondary N) is 1. The minimum Gasteiger partial charge on any atom is -0.493 e. The van der Waals surface area contributed by atoms with Gasteiger partial charge in [0.2, 0.25) is 0 Å². The normalized spacial score (nSPS) is 10.8. The summed E-state index contributed by atoms with van der Waals surface area (Å²) in [4.78, 5) is 11.7. The van der Waals surface area contributed by atoms with Crippen molar-refractivity contribution in [2.75, 3.05) is 13.2 Å². The van der Waals surface area contributed by atoms with Gasteiger partial charge in [-0.2, -0.15) is 15.4 Å². The summed E-state index contributed by atoms with van der Waals surface area (Å²) in [6, 6.07) is 26.2. The summed E-state index contributed by atoms with van der Waals surface area (Å²) in [5.41, 5.74) is 4.66. The van der Waals surface area contributed by atoms with Crippen molar-refractivity contribution < 1.29 is 28.8 Å². The van der Waals surface area contributed by atoms with Crippen molar-refractivity contribution in [1.29, 1.82) is 0 Å². The fourth-order valence-corrected chi connectivity index (χ4v) is 4.95. The third-order valence-electron chi connectivity index (χ3n) is 7.20. The van der Waals surface area contributed by atoms with E-state index in [0.717, 1.165) is 47.3 Å². The van der Waals surface area contributed by atoms with Crippen LogP contribution in [0.15, 0.2) is 91.1 Å². The Hall–Kier alpha value is -5.31. The lowest BCUT2D eigenvalue weighted by Crippen LogP contribution is -2.08. The Morgan fingerprint density at radius 3 is 2.27 bits per heavy atom. The molecule has 45 heavy (non-hydrogen) atoms. The third-order valence-corrected chi connectivity index (χ3v) is 7.20. The highest BCUT2D eigenvalue weighted by molar-refractivity contribution is 5.91. The first kappa shape index (κ1) is 31.1. The maximum atomic E-state index is 11.7. The number of benzene rings is 4. The number of para-hydroxylation sites is 1. The Bertz CT molecular complexity index is 1690. The largest absolute Gasteiger partial charge is 0.493 e. The molecule has 9 nitrogen and oxygen atoms in total. The number of carboxylic acid groups (broad SMARTS) is 1. The van der Waals surface area contributed by atoms with Crippen LogP contribution >= 0.6 is 0 Å². The minimum atomic E-state index is -1.04. The van der Waals surface area contributed by atoms with Crippen LogP contribution < -0.4 is 18.9 Å². The van der Waals surface area contributed by atoms with Crippen LogP contribution in [0.2, 0.25) is 0 Å². The van der Waals surface area contributed by atoms with Crippen molar-refractivity contribution in [3.8, 4) is 40.0 Å². The number of H-pyrrole nitrogens is 1. The number of nitrogens with zero attached hydrogens (tertiary/aromatic N) is 2. The number of aromatic amines is 1. The molecule has 2 N–H and O–H groups in total. The number of ether oxygens (including phenoxy) is 4. The molecule has 0 radical (unpaired) electrons. The molecular formula is C36H37N3O6. The maximum Gasteiger partial charge on any atom is 0.339 e. The molecule has 0 bridgehead atoms. The monoisotopic (exact) mass is 607 g/mol. The van der Waals surface area contributed by atoms with E-state index < -0.39 is 5.97 Å². The summed E-state index contributed by atoms with van der Waals surface area (Å²) >= 11 is 0.